The molecule has 1 aromatic heterocycles. The number of carbonyl (C=O) groups excluding carboxylic acids is 1. The molecule has 4 aromatic rings. The van der Waals surface area contributed by atoms with Crippen LogP contribution in [0.4, 0.5) is 0 Å². The molecule has 0 bridgehead atoms. The predicted molar refractivity (Wildman–Crippen MR) is 109 cm³/mol. The van der Waals surface area contributed by atoms with E-state index < -0.39 is 0 Å². The van der Waals surface area contributed by atoms with Gasteiger partial charge in [0.05, 0.1) is 22.9 Å². The number of hydrogen-bond donors (Lipinski definition) is 0. The van der Waals surface area contributed by atoms with E-state index in [1.165, 1.54) is 10.8 Å². The van der Waals surface area contributed by atoms with Crippen molar-refractivity contribution in [1.29, 1.82) is 0 Å². The van der Waals surface area contributed by atoms with Crippen molar-refractivity contribution in [2.75, 3.05) is 7.05 Å². The molecule has 4 heteroatoms. The first-order valence-corrected chi connectivity index (χ1v) is 8.82. The Morgan fingerprint density at radius 3 is 2.59 bits per heavy atom. The van der Waals surface area contributed by atoms with E-state index in [1.807, 2.05) is 42.5 Å². The highest BCUT2D eigenvalue weighted by atomic mass is 16.2. The van der Waals surface area contributed by atoms with Crippen LogP contribution in [-0.4, -0.2) is 27.8 Å². The lowest BCUT2D eigenvalue weighted by Gasteiger charge is -2.16. The molecule has 1 amide bonds. The number of para-hydroxylation sites is 2. The van der Waals surface area contributed by atoms with Crippen LogP contribution in [0.1, 0.15) is 11.3 Å². The van der Waals surface area contributed by atoms with Gasteiger partial charge in [0.1, 0.15) is 0 Å². The molecule has 27 heavy (non-hydrogen) atoms. The van der Waals surface area contributed by atoms with Crippen LogP contribution in [0.2, 0.25) is 0 Å². The van der Waals surface area contributed by atoms with Crippen LogP contribution in [0.3, 0.4) is 0 Å². The Labute approximate surface area is 157 Å². The minimum absolute atomic E-state index is 0.0714. The molecule has 0 saturated carbocycles. The third-order valence-corrected chi connectivity index (χ3v) is 4.53. The zero-order chi connectivity index (χ0) is 18.6. The van der Waals surface area contributed by atoms with Crippen molar-refractivity contribution in [3.8, 4) is 0 Å². The van der Waals surface area contributed by atoms with Crippen molar-refractivity contribution in [1.82, 2.24) is 14.9 Å². The Balaban J connectivity index is 1.50. The summed E-state index contributed by atoms with van der Waals surface area (Å²) in [6, 6.07) is 22.1. The number of rotatable bonds is 4. The van der Waals surface area contributed by atoms with Crippen LogP contribution in [-0.2, 0) is 11.3 Å². The summed E-state index contributed by atoms with van der Waals surface area (Å²) in [5, 5.41) is 2.35. The van der Waals surface area contributed by atoms with Crippen molar-refractivity contribution in [2.45, 2.75) is 6.54 Å². The van der Waals surface area contributed by atoms with Gasteiger partial charge in [0.15, 0.2) is 0 Å². The fraction of sp³-hybridized carbons (Fsp3) is 0.0870. The van der Waals surface area contributed by atoms with Gasteiger partial charge in [-0.3, -0.25) is 9.78 Å². The minimum atomic E-state index is -0.0714. The molecule has 0 spiro atoms. The Kier molecular flexibility index (Phi) is 4.62. The fourth-order valence-corrected chi connectivity index (χ4v) is 3.10. The summed E-state index contributed by atoms with van der Waals surface area (Å²) in [7, 11) is 1.81. The van der Waals surface area contributed by atoms with Gasteiger partial charge in [0.25, 0.3) is 0 Å². The zero-order valence-corrected chi connectivity index (χ0v) is 15.0. The molecule has 3 aromatic carbocycles. The van der Waals surface area contributed by atoms with Crippen LogP contribution in [0, 0.1) is 0 Å². The monoisotopic (exact) mass is 353 g/mol. The minimum Gasteiger partial charge on any atom is -0.338 e. The maximum Gasteiger partial charge on any atom is 0.246 e. The van der Waals surface area contributed by atoms with E-state index in [9.17, 15) is 4.79 Å². The van der Waals surface area contributed by atoms with E-state index >= 15 is 0 Å². The summed E-state index contributed by atoms with van der Waals surface area (Å²) >= 11 is 0. The van der Waals surface area contributed by atoms with Crippen LogP contribution in [0.25, 0.3) is 27.9 Å². The van der Waals surface area contributed by atoms with E-state index in [0.717, 1.165) is 16.6 Å². The fourth-order valence-electron chi connectivity index (χ4n) is 3.10. The predicted octanol–water partition coefficient (Wildman–Crippen LogP) is 4.45. The molecular formula is C23H19N3O. The average Bonchev–Trinajstić information content (AvgIpc) is 2.72. The van der Waals surface area contributed by atoms with Gasteiger partial charge in [0, 0.05) is 19.7 Å². The van der Waals surface area contributed by atoms with Gasteiger partial charge in [-0.1, -0.05) is 54.6 Å². The summed E-state index contributed by atoms with van der Waals surface area (Å²) in [6.45, 7) is 0.550. The van der Waals surface area contributed by atoms with Gasteiger partial charge >= 0.3 is 0 Å². The Hall–Kier alpha value is -3.53. The third-order valence-electron chi connectivity index (χ3n) is 4.53. The molecule has 0 fully saturated rings. The van der Waals surface area contributed by atoms with E-state index in [4.69, 9.17) is 0 Å². The number of amides is 1. The Bertz CT molecular complexity index is 1150. The molecule has 0 unspecified atom stereocenters. The van der Waals surface area contributed by atoms with Crippen molar-refractivity contribution in [2.24, 2.45) is 0 Å². The molecule has 0 N–H and O–H groups in total. The largest absolute Gasteiger partial charge is 0.338 e. The topological polar surface area (TPSA) is 46.1 Å². The number of carbonyl (C=O) groups is 1. The maximum absolute atomic E-state index is 12.5. The SMILES string of the molecule is CN(Cc1cccc2ccccc12)C(=O)/C=C/c1cnc2ccccc2n1. The maximum atomic E-state index is 12.5. The number of likely N-dealkylation sites (N-methyl/N-ethyl adjacent to an activating group) is 1. The molecule has 4 rings (SSSR count). The normalized spacial score (nSPS) is 11.3. The second-order valence-corrected chi connectivity index (χ2v) is 6.45. The van der Waals surface area contributed by atoms with E-state index in [2.05, 4.69) is 34.2 Å². The number of nitrogens with zero attached hydrogens (tertiary/aromatic N) is 3. The average molecular weight is 353 g/mol. The number of aromatic nitrogens is 2. The molecule has 132 valence electrons. The molecule has 0 aliphatic heterocycles. The van der Waals surface area contributed by atoms with Crippen LogP contribution in [0.5, 0.6) is 0 Å². The number of hydrogen-bond acceptors (Lipinski definition) is 3. The first-order chi connectivity index (χ1) is 13.2. The lowest BCUT2D eigenvalue weighted by atomic mass is 10.0. The van der Waals surface area contributed by atoms with Gasteiger partial charge in [-0.25, -0.2) is 4.98 Å². The summed E-state index contributed by atoms with van der Waals surface area (Å²) in [6.07, 6.45) is 4.93. The van der Waals surface area contributed by atoms with E-state index in [-0.39, 0.29) is 5.91 Å². The summed E-state index contributed by atoms with van der Waals surface area (Å²) in [4.78, 5) is 23.1. The molecular weight excluding hydrogens is 334 g/mol. The van der Waals surface area contributed by atoms with Crippen molar-refractivity contribution < 1.29 is 4.79 Å². The highest BCUT2D eigenvalue weighted by Gasteiger charge is 2.08. The standard InChI is InChI=1S/C23H19N3O/c1-26(16-18-9-6-8-17-7-2-3-10-20(17)18)23(27)14-13-19-15-24-21-11-4-5-12-22(21)25-19/h2-15H,16H2,1H3/b14-13+. The van der Waals surface area contributed by atoms with E-state index in [0.29, 0.717) is 12.2 Å². The van der Waals surface area contributed by atoms with Crippen molar-refractivity contribution in [3.05, 3.63) is 90.3 Å². The van der Waals surface area contributed by atoms with Gasteiger partial charge in [-0.2, -0.15) is 0 Å². The zero-order valence-electron chi connectivity index (χ0n) is 15.0. The van der Waals surface area contributed by atoms with E-state index in [1.54, 1.807) is 30.3 Å². The smallest absolute Gasteiger partial charge is 0.246 e. The molecule has 0 saturated heterocycles. The van der Waals surface area contributed by atoms with Crippen LogP contribution < -0.4 is 0 Å². The highest BCUT2D eigenvalue weighted by Crippen LogP contribution is 2.19. The first-order valence-electron chi connectivity index (χ1n) is 8.82. The molecule has 0 radical (unpaired) electrons. The molecule has 4 nitrogen and oxygen atoms in total. The number of fused-ring (bicyclic) bond motifs is 2. The summed E-state index contributed by atoms with van der Waals surface area (Å²) in [5.74, 6) is -0.0714. The molecule has 0 aliphatic carbocycles. The quantitative estimate of drug-likeness (QED) is 0.509. The highest BCUT2D eigenvalue weighted by molar-refractivity contribution is 5.92. The second kappa shape index (κ2) is 7.38. The van der Waals surface area contributed by atoms with Crippen molar-refractivity contribution in [3.63, 3.8) is 0 Å². The van der Waals surface area contributed by atoms with Gasteiger partial charge < -0.3 is 4.90 Å². The summed E-state index contributed by atoms with van der Waals surface area (Å²) in [5.41, 5.74) is 3.45. The summed E-state index contributed by atoms with van der Waals surface area (Å²) < 4.78 is 0. The lowest BCUT2D eigenvalue weighted by Crippen LogP contribution is -2.24. The van der Waals surface area contributed by atoms with Gasteiger partial charge in [-0.05, 0) is 34.5 Å². The van der Waals surface area contributed by atoms with Gasteiger partial charge in [0.2, 0.25) is 5.91 Å². The van der Waals surface area contributed by atoms with Crippen molar-refractivity contribution >= 4 is 33.8 Å². The van der Waals surface area contributed by atoms with Crippen LogP contribution >= 0.6 is 0 Å². The first kappa shape index (κ1) is 16.9. The third kappa shape index (κ3) is 3.70. The molecule has 1 heterocycles. The van der Waals surface area contributed by atoms with Crippen LogP contribution in [0.15, 0.2) is 79.0 Å². The molecule has 0 aliphatic rings. The molecule has 0 atom stereocenters. The Morgan fingerprint density at radius 2 is 1.70 bits per heavy atom. The van der Waals surface area contributed by atoms with Gasteiger partial charge in [-0.15, -0.1) is 0 Å². The Morgan fingerprint density at radius 1 is 0.963 bits per heavy atom. The number of benzene rings is 3. The lowest BCUT2D eigenvalue weighted by molar-refractivity contribution is -0.125. The second-order valence-electron chi connectivity index (χ2n) is 6.45.